The molecule has 0 amide bonds. The zero-order chi connectivity index (χ0) is 21.6. The van der Waals surface area contributed by atoms with E-state index in [2.05, 4.69) is 25.5 Å². The van der Waals surface area contributed by atoms with Gasteiger partial charge in [-0.25, -0.2) is 13.2 Å². The van der Waals surface area contributed by atoms with Crippen LogP contribution in [0.1, 0.15) is 45.6 Å². The Labute approximate surface area is 173 Å². The third-order valence-electron chi connectivity index (χ3n) is 5.33. The molecule has 0 unspecified atom stereocenters. The lowest BCUT2D eigenvalue weighted by molar-refractivity contribution is -0.166. The molecule has 162 valence electrons. The van der Waals surface area contributed by atoms with Gasteiger partial charge in [0.25, 0.3) is 0 Å². The lowest BCUT2D eigenvalue weighted by Gasteiger charge is -2.36. The van der Waals surface area contributed by atoms with Crippen LogP contribution in [-0.4, -0.2) is 39.6 Å². The topological polar surface area (TPSA) is 98.8 Å². The first kappa shape index (κ1) is 23.3. The first-order valence-electron chi connectivity index (χ1n) is 10.00. The summed E-state index contributed by atoms with van der Waals surface area (Å²) in [6.07, 6.45) is 2.76. The lowest BCUT2D eigenvalue weighted by Crippen LogP contribution is -2.37. The summed E-state index contributed by atoms with van der Waals surface area (Å²) in [6.45, 7) is 7.12. The van der Waals surface area contributed by atoms with Gasteiger partial charge in [-0.15, -0.1) is 0 Å². The molecular formula is C21H31NO6S. The zero-order valence-corrected chi connectivity index (χ0v) is 18.3. The van der Waals surface area contributed by atoms with Crippen molar-refractivity contribution in [1.29, 1.82) is 0 Å². The highest BCUT2D eigenvalue weighted by molar-refractivity contribution is 7.89. The molecule has 1 aliphatic carbocycles. The van der Waals surface area contributed by atoms with Crippen molar-refractivity contribution in [3.8, 4) is 0 Å². The number of carbonyl (C=O) groups is 2. The summed E-state index contributed by atoms with van der Waals surface area (Å²) in [4.78, 5) is 24.0. The van der Waals surface area contributed by atoms with Crippen LogP contribution in [0, 0.1) is 24.7 Å². The molecule has 7 nitrogen and oxygen atoms in total. The number of carbonyl (C=O) groups excluding carboxylic acids is 2. The fourth-order valence-corrected chi connectivity index (χ4v) is 4.57. The van der Waals surface area contributed by atoms with E-state index in [0.29, 0.717) is 17.8 Å². The van der Waals surface area contributed by atoms with E-state index >= 15 is 0 Å². The molecule has 1 N–H and O–H groups in total. The smallest absolute Gasteiger partial charge is 0.344 e. The molecule has 1 aliphatic rings. The number of ether oxygens (including phenoxy) is 2. The van der Waals surface area contributed by atoms with Gasteiger partial charge in [0.05, 0.1) is 4.90 Å². The Hall–Kier alpha value is -1.93. The first-order chi connectivity index (χ1) is 13.6. The maximum atomic E-state index is 12.2. The Morgan fingerprint density at radius 2 is 1.79 bits per heavy atom. The Morgan fingerprint density at radius 3 is 2.41 bits per heavy atom. The van der Waals surface area contributed by atoms with Crippen molar-refractivity contribution in [2.45, 2.75) is 58.0 Å². The van der Waals surface area contributed by atoms with Gasteiger partial charge in [-0.1, -0.05) is 44.9 Å². The lowest BCUT2D eigenvalue weighted by atomic mass is 9.75. The average molecular weight is 426 g/mol. The molecule has 0 aromatic heterocycles. The van der Waals surface area contributed by atoms with E-state index < -0.39 is 35.1 Å². The number of esters is 2. The van der Waals surface area contributed by atoms with Crippen LogP contribution in [0.5, 0.6) is 0 Å². The van der Waals surface area contributed by atoms with Crippen LogP contribution in [0.2, 0.25) is 0 Å². The number of benzene rings is 1. The monoisotopic (exact) mass is 425 g/mol. The molecule has 0 heterocycles. The van der Waals surface area contributed by atoms with Gasteiger partial charge < -0.3 is 9.47 Å². The summed E-state index contributed by atoms with van der Waals surface area (Å²) < 4.78 is 36.9. The molecule has 1 fully saturated rings. The largest absolute Gasteiger partial charge is 0.460 e. The maximum absolute atomic E-state index is 12.2. The molecule has 1 aromatic rings. The van der Waals surface area contributed by atoms with Crippen molar-refractivity contribution in [2.75, 3.05) is 13.2 Å². The predicted molar refractivity (Wildman–Crippen MR) is 109 cm³/mol. The van der Waals surface area contributed by atoms with E-state index in [1.54, 1.807) is 12.1 Å². The third-order valence-corrected chi connectivity index (χ3v) is 6.75. The molecule has 0 saturated heterocycles. The fourth-order valence-electron chi connectivity index (χ4n) is 3.60. The molecule has 0 radical (unpaired) electrons. The predicted octanol–water partition coefficient (Wildman–Crippen LogP) is 2.82. The van der Waals surface area contributed by atoms with Gasteiger partial charge in [0.15, 0.2) is 6.61 Å². The quantitative estimate of drug-likeness (QED) is 0.643. The summed E-state index contributed by atoms with van der Waals surface area (Å²) in [5, 5.41) is 0. The van der Waals surface area contributed by atoms with Gasteiger partial charge in [-0.05, 0) is 49.7 Å². The van der Waals surface area contributed by atoms with Crippen molar-refractivity contribution < 1.29 is 27.5 Å². The third kappa shape index (κ3) is 7.12. The normalized spacial score (nSPS) is 22.3. The van der Waals surface area contributed by atoms with Gasteiger partial charge in [0, 0.05) is 0 Å². The van der Waals surface area contributed by atoms with Gasteiger partial charge >= 0.3 is 11.9 Å². The van der Waals surface area contributed by atoms with Crippen LogP contribution in [0.25, 0.3) is 0 Å². The van der Waals surface area contributed by atoms with Crippen molar-refractivity contribution in [3.05, 3.63) is 29.8 Å². The highest BCUT2D eigenvalue weighted by Crippen LogP contribution is 2.35. The summed E-state index contributed by atoms with van der Waals surface area (Å²) >= 11 is 0. The van der Waals surface area contributed by atoms with Crippen LogP contribution >= 0.6 is 0 Å². The van der Waals surface area contributed by atoms with Crippen LogP contribution in [-0.2, 0) is 29.1 Å². The van der Waals surface area contributed by atoms with Crippen molar-refractivity contribution in [1.82, 2.24) is 4.72 Å². The van der Waals surface area contributed by atoms with Crippen LogP contribution in [0.3, 0.4) is 0 Å². The minimum Gasteiger partial charge on any atom is -0.460 e. The summed E-state index contributed by atoms with van der Waals surface area (Å²) in [7, 11) is -3.82. The Morgan fingerprint density at radius 1 is 1.14 bits per heavy atom. The van der Waals surface area contributed by atoms with Crippen molar-refractivity contribution in [3.63, 3.8) is 0 Å². The van der Waals surface area contributed by atoms with Gasteiger partial charge in [-0.2, -0.15) is 4.72 Å². The van der Waals surface area contributed by atoms with Crippen molar-refractivity contribution in [2.24, 2.45) is 17.8 Å². The maximum Gasteiger partial charge on any atom is 0.344 e. The Balaban J connectivity index is 1.79. The highest BCUT2D eigenvalue weighted by Gasteiger charge is 2.33. The van der Waals surface area contributed by atoms with Crippen LogP contribution in [0.4, 0.5) is 0 Å². The van der Waals surface area contributed by atoms with E-state index in [1.807, 2.05) is 6.92 Å². The molecule has 1 aromatic carbocycles. The van der Waals surface area contributed by atoms with E-state index in [4.69, 9.17) is 9.47 Å². The number of sulfonamides is 1. The fraction of sp³-hybridized carbons (Fsp3) is 0.619. The van der Waals surface area contributed by atoms with Crippen LogP contribution < -0.4 is 4.72 Å². The van der Waals surface area contributed by atoms with E-state index in [9.17, 15) is 18.0 Å². The average Bonchev–Trinajstić information content (AvgIpc) is 2.65. The molecule has 8 heteroatoms. The molecule has 0 aliphatic heterocycles. The number of nitrogens with one attached hydrogen (secondary N) is 1. The second-order valence-corrected chi connectivity index (χ2v) is 9.92. The Kier molecular flexibility index (Phi) is 8.22. The molecule has 3 atom stereocenters. The summed E-state index contributed by atoms with van der Waals surface area (Å²) in [6, 6.07) is 6.24. The first-order valence-corrected chi connectivity index (χ1v) is 11.5. The van der Waals surface area contributed by atoms with E-state index in [0.717, 1.165) is 24.8 Å². The second-order valence-electron chi connectivity index (χ2n) is 8.15. The molecule has 0 spiro atoms. The second kappa shape index (κ2) is 10.2. The van der Waals surface area contributed by atoms with Gasteiger partial charge in [0.1, 0.15) is 12.6 Å². The molecule has 2 rings (SSSR count). The standard InChI is InChI=1S/C21H31NO6S/c1-14(2)18-10-7-16(4)11-19(18)28-21(24)13-27-20(23)12-22-29(25,26)17-8-5-15(3)6-9-17/h5-6,8-9,14,16,18-19,22H,7,10-13H2,1-4H3/t16-,18-,19+/m1/s1. The highest BCUT2D eigenvalue weighted by atomic mass is 32.2. The zero-order valence-electron chi connectivity index (χ0n) is 17.5. The SMILES string of the molecule is Cc1ccc(S(=O)(=O)NCC(=O)OCC(=O)O[C@H]2C[C@H](C)CC[C@@H]2C(C)C)cc1. The number of hydrogen-bond donors (Lipinski definition) is 1. The minimum atomic E-state index is -3.82. The van der Waals surface area contributed by atoms with E-state index in [-0.39, 0.29) is 11.0 Å². The number of rotatable bonds is 8. The summed E-state index contributed by atoms with van der Waals surface area (Å²) in [5.74, 6) is -0.257. The molecule has 29 heavy (non-hydrogen) atoms. The van der Waals surface area contributed by atoms with Crippen molar-refractivity contribution >= 4 is 22.0 Å². The molecular weight excluding hydrogens is 394 g/mol. The molecule has 1 saturated carbocycles. The van der Waals surface area contributed by atoms with E-state index in [1.165, 1.54) is 12.1 Å². The minimum absolute atomic E-state index is 0.0569. The van der Waals surface area contributed by atoms with Crippen LogP contribution in [0.15, 0.2) is 29.2 Å². The molecule has 0 bridgehead atoms. The Bertz CT molecular complexity index is 803. The number of hydrogen-bond acceptors (Lipinski definition) is 6. The van der Waals surface area contributed by atoms with Gasteiger partial charge in [0.2, 0.25) is 10.0 Å². The number of aryl methyl sites for hydroxylation is 1. The van der Waals surface area contributed by atoms with Gasteiger partial charge in [-0.3, -0.25) is 4.79 Å². The summed E-state index contributed by atoms with van der Waals surface area (Å²) in [5.41, 5.74) is 0.925.